The highest BCUT2D eigenvalue weighted by Crippen LogP contribution is 2.26. The molecule has 2 heterocycles. The van der Waals surface area contributed by atoms with Crippen LogP contribution in [0.5, 0.6) is 11.5 Å². The van der Waals surface area contributed by atoms with Crippen LogP contribution in [-0.2, 0) is 4.79 Å². The van der Waals surface area contributed by atoms with Crippen LogP contribution in [0.3, 0.4) is 0 Å². The maximum Gasteiger partial charge on any atom is 0.236 e. The van der Waals surface area contributed by atoms with E-state index < -0.39 is 0 Å². The smallest absolute Gasteiger partial charge is 0.236 e. The van der Waals surface area contributed by atoms with Crippen molar-refractivity contribution in [1.29, 1.82) is 0 Å². The fraction of sp³-hybridized carbons (Fsp3) is 0.652. The fourth-order valence-corrected chi connectivity index (χ4v) is 3.99. The maximum atomic E-state index is 12.4. The van der Waals surface area contributed by atoms with Gasteiger partial charge in [0.15, 0.2) is 17.5 Å². The number of carbonyl (C=O) groups excluding carboxylic acids is 1. The van der Waals surface area contributed by atoms with Crippen LogP contribution >= 0.6 is 24.0 Å². The van der Waals surface area contributed by atoms with Crippen LogP contribution in [0.2, 0.25) is 0 Å². The van der Waals surface area contributed by atoms with Crippen molar-refractivity contribution in [1.82, 2.24) is 20.0 Å². The lowest BCUT2D eigenvalue weighted by atomic mass is 10.3. The molecule has 1 amide bonds. The first kappa shape index (κ1) is 26.5. The molecule has 2 saturated heterocycles. The minimum absolute atomic E-state index is 0. The van der Waals surface area contributed by atoms with Crippen molar-refractivity contribution in [3.05, 3.63) is 24.3 Å². The molecular formula is C23H38IN5O3. The number of amides is 1. The lowest BCUT2D eigenvalue weighted by Gasteiger charge is -2.36. The Kier molecular flexibility index (Phi) is 11.4. The van der Waals surface area contributed by atoms with Crippen LogP contribution in [0.1, 0.15) is 26.7 Å². The number of carbonyl (C=O) groups is 1. The Morgan fingerprint density at radius 2 is 1.72 bits per heavy atom. The van der Waals surface area contributed by atoms with Crippen molar-refractivity contribution in [3.8, 4) is 11.5 Å². The highest BCUT2D eigenvalue weighted by Gasteiger charge is 2.24. The second kappa shape index (κ2) is 13.7. The average molecular weight is 559 g/mol. The third-order valence-corrected chi connectivity index (χ3v) is 5.72. The number of nitrogens with zero attached hydrogens (tertiary/aromatic N) is 4. The predicted molar refractivity (Wildman–Crippen MR) is 138 cm³/mol. The standard InChI is InChI=1S/C23H37N5O3.HI/c1-4-24-23(25-17-19(2)31-21-10-6-5-9-20(21)30-3)28-15-13-26(14-16-28)18-22(29)27-11-7-8-12-27;/h5-6,9-10,19H,4,7-8,11-18H2,1-3H3,(H,24,25);1H. The van der Waals surface area contributed by atoms with Crippen LogP contribution < -0.4 is 14.8 Å². The van der Waals surface area contributed by atoms with Crippen molar-refractivity contribution in [3.63, 3.8) is 0 Å². The minimum Gasteiger partial charge on any atom is -0.493 e. The second-order valence-electron chi connectivity index (χ2n) is 8.13. The van der Waals surface area contributed by atoms with Gasteiger partial charge in [0.1, 0.15) is 6.10 Å². The summed E-state index contributed by atoms with van der Waals surface area (Å²) in [5.41, 5.74) is 0. The zero-order valence-corrected chi connectivity index (χ0v) is 21.9. The van der Waals surface area contributed by atoms with E-state index in [1.54, 1.807) is 7.11 Å². The summed E-state index contributed by atoms with van der Waals surface area (Å²) in [5, 5.41) is 3.40. The molecular weight excluding hydrogens is 521 g/mol. The van der Waals surface area contributed by atoms with Gasteiger partial charge in [-0.2, -0.15) is 0 Å². The molecule has 0 aromatic heterocycles. The number of ether oxygens (including phenoxy) is 2. The number of likely N-dealkylation sites (tertiary alicyclic amines) is 1. The van der Waals surface area contributed by atoms with Crippen molar-refractivity contribution in [2.75, 3.05) is 66.0 Å². The minimum atomic E-state index is -0.0793. The highest BCUT2D eigenvalue weighted by atomic mass is 127. The number of halogens is 1. The number of benzene rings is 1. The maximum absolute atomic E-state index is 12.4. The number of hydrogen-bond acceptors (Lipinski definition) is 5. The molecule has 180 valence electrons. The van der Waals surface area contributed by atoms with Crippen LogP contribution in [0.15, 0.2) is 29.3 Å². The Morgan fingerprint density at radius 1 is 1.06 bits per heavy atom. The van der Waals surface area contributed by atoms with Crippen LogP contribution in [0.25, 0.3) is 0 Å². The van der Waals surface area contributed by atoms with E-state index in [1.165, 1.54) is 0 Å². The van der Waals surface area contributed by atoms with Crippen molar-refractivity contribution >= 4 is 35.8 Å². The second-order valence-corrected chi connectivity index (χ2v) is 8.13. The average Bonchev–Trinajstić information content (AvgIpc) is 3.33. The molecule has 9 heteroatoms. The van der Waals surface area contributed by atoms with Gasteiger partial charge in [0.25, 0.3) is 0 Å². The first-order valence-corrected chi connectivity index (χ1v) is 11.4. The topological polar surface area (TPSA) is 69.6 Å². The summed E-state index contributed by atoms with van der Waals surface area (Å²) in [6.45, 7) is 11.3. The third kappa shape index (κ3) is 7.68. The zero-order chi connectivity index (χ0) is 22.1. The molecule has 1 atom stereocenters. The van der Waals surface area contributed by atoms with Gasteiger partial charge in [-0.1, -0.05) is 12.1 Å². The molecule has 2 fully saturated rings. The molecule has 0 radical (unpaired) electrons. The van der Waals surface area contributed by atoms with Gasteiger partial charge < -0.3 is 24.6 Å². The monoisotopic (exact) mass is 559 g/mol. The number of rotatable bonds is 8. The molecule has 8 nitrogen and oxygen atoms in total. The summed E-state index contributed by atoms with van der Waals surface area (Å²) in [5.74, 6) is 2.64. The van der Waals surface area contributed by atoms with E-state index >= 15 is 0 Å². The summed E-state index contributed by atoms with van der Waals surface area (Å²) in [6.07, 6.45) is 2.20. The zero-order valence-electron chi connectivity index (χ0n) is 19.6. The SMILES string of the molecule is CCNC(=NCC(C)Oc1ccccc1OC)N1CCN(CC(=O)N2CCCC2)CC1.I. The molecule has 3 rings (SSSR count). The van der Waals surface area contributed by atoms with Gasteiger partial charge in [0.05, 0.1) is 20.2 Å². The molecule has 1 unspecified atom stereocenters. The first-order valence-electron chi connectivity index (χ1n) is 11.4. The quantitative estimate of drug-likeness (QED) is 0.300. The molecule has 0 spiro atoms. The number of methoxy groups -OCH3 is 1. The molecule has 2 aliphatic heterocycles. The van der Waals surface area contributed by atoms with Gasteiger partial charge in [0.2, 0.25) is 5.91 Å². The highest BCUT2D eigenvalue weighted by molar-refractivity contribution is 14.0. The molecule has 32 heavy (non-hydrogen) atoms. The summed E-state index contributed by atoms with van der Waals surface area (Å²) < 4.78 is 11.4. The Bertz CT molecular complexity index is 734. The number of aliphatic imine (C=N–C) groups is 1. The number of guanidine groups is 1. The lowest BCUT2D eigenvalue weighted by molar-refractivity contribution is -0.131. The molecule has 0 aliphatic carbocycles. The summed E-state index contributed by atoms with van der Waals surface area (Å²) in [6, 6.07) is 7.66. The summed E-state index contributed by atoms with van der Waals surface area (Å²) >= 11 is 0. The Hall–Kier alpha value is -1.75. The van der Waals surface area contributed by atoms with Gasteiger partial charge in [-0.3, -0.25) is 9.69 Å². The Labute approximate surface area is 209 Å². The van der Waals surface area contributed by atoms with E-state index in [4.69, 9.17) is 14.5 Å². The predicted octanol–water partition coefficient (Wildman–Crippen LogP) is 2.29. The van der Waals surface area contributed by atoms with E-state index in [9.17, 15) is 4.79 Å². The van der Waals surface area contributed by atoms with Crippen molar-refractivity contribution < 1.29 is 14.3 Å². The lowest BCUT2D eigenvalue weighted by Crippen LogP contribution is -2.54. The van der Waals surface area contributed by atoms with Gasteiger partial charge in [-0.15, -0.1) is 24.0 Å². The fourth-order valence-electron chi connectivity index (χ4n) is 3.99. The Morgan fingerprint density at radius 3 is 2.34 bits per heavy atom. The molecule has 1 aromatic carbocycles. The van der Waals surface area contributed by atoms with Crippen molar-refractivity contribution in [2.45, 2.75) is 32.8 Å². The number of para-hydroxylation sites is 2. The summed E-state index contributed by atoms with van der Waals surface area (Å²) in [4.78, 5) is 23.8. The number of nitrogens with one attached hydrogen (secondary N) is 1. The van der Waals surface area contributed by atoms with Crippen LogP contribution in [0.4, 0.5) is 0 Å². The summed E-state index contributed by atoms with van der Waals surface area (Å²) in [7, 11) is 1.65. The van der Waals surface area contributed by atoms with Gasteiger partial charge >= 0.3 is 0 Å². The largest absolute Gasteiger partial charge is 0.493 e. The van der Waals surface area contributed by atoms with E-state index in [2.05, 4.69) is 22.0 Å². The molecule has 0 saturated carbocycles. The first-order chi connectivity index (χ1) is 15.1. The van der Waals surface area contributed by atoms with Gasteiger partial charge in [-0.05, 0) is 38.8 Å². The van der Waals surface area contributed by atoms with E-state index in [-0.39, 0.29) is 36.0 Å². The van der Waals surface area contributed by atoms with Crippen LogP contribution in [-0.4, -0.2) is 98.7 Å². The van der Waals surface area contributed by atoms with E-state index in [1.807, 2.05) is 36.1 Å². The van der Waals surface area contributed by atoms with E-state index in [0.29, 0.717) is 13.1 Å². The van der Waals surface area contributed by atoms with Gasteiger partial charge in [-0.25, -0.2) is 4.99 Å². The normalized spacial score (nSPS) is 18.2. The molecule has 1 aromatic rings. The Balaban J connectivity index is 0.00000363. The van der Waals surface area contributed by atoms with Crippen molar-refractivity contribution in [2.24, 2.45) is 4.99 Å². The molecule has 2 aliphatic rings. The van der Waals surface area contributed by atoms with E-state index in [0.717, 1.165) is 76.1 Å². The molecule has 1 N–H and O–H groups in total. The van der Waals surface area contributed by atoms with Gasteiger partial charge in [0, 0.05) is 45.8 Å². The number of piperazine rings is 1. The molecule has 0 bridgehead atoms. The third-order valence-electron chi connectivity index (χ3n) is 5.72. The van der Waals surface area contributed by atoms with Crippen LogP contribution in [0, 0.1) is 0 Å². The number of hydrogen-bond donors (Lipinski definition) is 1.